The van der Waals surface area contributed by atoms with E-state index in [0.29, 0.717) is 18.2 Å². The Morgan fingerprint density at radius 2 is 1.88 bits per heavy atom. The third-order valence-electron chi connectivity index (χ3n) is 2.15. The lowest BCUT2D eigenvalue weighted by Gasteiger charge is -2.08. The smallest absolute Gasteiger partial charge is 0.321 e. The molecule has 0 atom stereocenters. The quantitative estimate of drug-likeness (QED) is 0.942. The highest BCUT2D eigenvalue weighted by Gasteiger charge is 2.05. The van der Waals surface area contributed by atoms with Crippen molar-refractivity contribution in [2.24, 2.45) is 0 Å². The molecule has 1 heterocycles. The van der Waals surface area contributed by atoms with Gasteiger partial charge in [-0.3, -0.25) is 0 Å². The highest BCUT2D eigenvalue weighted by molar-refractivity contribution is 9.10. The normalized spacial score (nSPS) is 10.2. The standard InChI is InChI=1S/C12H11BrN2O2/c13-10-7-14-12(15-8-10)17-11-4-2-1-3-9(11)5-6-16/h1-4,7-8,16H,5-6H2. The first kappa shape index (κ1) is 12.0. The van der Waals surface area contributed by atoms with Gasteiger partial charge >= 0.3 is 6.01 Å². The molecule has 5 heteroatoms. The van der Waals surface area contributed by atoms with Crippen molar-refractivity contribution in [1.29, 1.82) is 0 Å². The summed E-state index contributed by atoms with van der Waals surface area (Å²) in [4.78, 5) is 8.06. The van der Waals surface area contributed by atoms with E-state index in [0.717, 1.165) is 10.0 Å². The largest absolute Gasteiger partial charge is 0.424 e. The first-order valence-corrected chi connectivity index (χ1v) is 5.93. The Labute approximate surface area is 107 Å². The number of aliphatic hydroxyl groups excluding tert-OH is 1. The van der Waals surface area contributed by atoms with Gasteiger partial charge in [0, 0.05) is 19.0 Å². The average Bonchev–Trinajstić information content (AvgIpc) is 2.35. The molecule has 1 N–H and O–H groups in total. The van der Waals surface area contributed by atoms with Crippen LogP contribution in [-0.4, -0.2) is 21.7 Å². The molecule has 17 heavy (non-hydrogen) atoms. The molecule has 1 aromatic carbocycles. The van der Waals surface area contributed by atoms with Crippen LogP contribution in [0.25, 0.3) is 0 Å². The molecule has 0 saturated carbocycles. The van der Waals surface area contributed by atoms with Gasteiger partial charge in [-0.05, 0) is 34.0 Å². The fourth-order valence-corrected chi connectivity index (χ4v) is 1.59. The van der Waals surface area contributed by atoms with Crippen LogP contribution in [0.2, 0.25) is 0 Å². The van der Waals surface area contributed by atoms with Gasteiger partial charge in [-0.15, -0.1) is 0 Å². The van der Waals surface area contributed by atoms with Gasteiger partial charge in [0.25, 0.3) is 0 Å². The third-order valence-corrected chi connectivity index (χ3v) is 2.56. The van der Waals surface area contributed by atoms with Crippen molar-refractivity contribution >= 4 is 15.9 Å². The molecule has 1 aromatic heterocycles. The molecule has 4 nitrogen and oxygen atoms in total. The molecule has 0 saturated heterocycles. The molecule has 0 aliphatic carbocycles. The Morgan fingerprint density at radius 1 is 1.18 bits per heavy atom. The van der Waals surface area contributed by atoms with E-state index in [1.807, 2.05) is 24.3 Å². The van der Waals surface area contributed by atoms with Crippen LogP contribution in [-0.2, 0) is 6.42 Å². The number of halogens is 1. The van der Waals surface area contributed by atoms with Crippen LogP contribution in [0.3, 0.4) is 0 Å². The summed E-state index contributed by atoms with van der Waals surface area (Å²) in [6.45, 7) is 0.0849. The summed E-state index contributed by atoms with van der Waals surface area (Å²) >= 11 is 3.26. The predicted molar refractivity (Wildman–Crippen MR) is 67.0 cm³/mol. The summed E-state index contributed by atoms with van der Waals surface area (Å²) in [7, 11) is 0. The molecule has 2 aromatic rings. The summed E-state index contributed by atoms with van der Waals surface area (Å²) in [5, 5.41) is 8.95. The Kier molecular flexibility index (Phi) is 4.06. The molecule has 0 amide bonds. The van der Waals surface area contributed by atoms with E-state index in [1.54, 1.807) is 12.4 Å². The summed E-state index contributed by atoms with van der Waals surface area (Å²) < 4.78 is 6.36. The zero-order chi connectivity index (χ0) is 12.1. The van der Waals surface area contributed by atoms with E-state index in [4.69, 9.17) is 9.84 Å². The van der Waals surface area contributed by atoms with Crippen LogP contribution in [0.4, 0.5) is 0 Å². The maximum absolute atomic E-state index is 8.95. The monoisotopic (exact) mass is 294 g/mol. The highest BCUT2D eigenvalue weighted by Crippen LogP contribution is 2.23. The second-order valence-corrected chi connectivity index (χ2v) is 4.28. The topological polar surface area (TPSA) is 55.2 Å². The number of ether oxygens (including phenoxy) is 1. The fraction of sp³-hybridized carbons (Fsp3) is 0.167. The van der Waals surface area contributed by atoms with Gasteiger partial charge in [0.1, 0.15) is 5.75 Å². The molecule has 0 unspecified atom stereocenters. The lowest BCUT2D eigenvalue weighted by Crippen LogP contribution is -1.97. The molecule has 88 valence electrons. The molecule has 0 bridgehead atoms. The highest BCUT2D eigenvalue weighted by atomic mass is 79.9. The van der Waals surface area contributed by atoms with Crippen LogP contribution < -0.4 is 4.74 Å². The van der Waals surface area contributed by atoms with E-state index in [-0.39, 0.29) is 6.61 Å². The average molecular weight is 295 g/mol. The van der Waals surface area contributed by atoms with Crippen molar-refractivity contribution in [2.75, 3.05) is 6.61 Å². The lowest BCUT2D eigenvalue weighted by atomic mass is 10.1. The fourth-order valence-electron chi connectivity index (χ4n) is 1.38. The first-order chi connectivity index (χ1) is 8.29. The third kappa shape index (κ3) is 3.25. The van der Waals surface area contributed by atoms with Crippen molar-refractivity contribution in [3.63, 3.8) is 0 Å². The minimum Gasteiger partial charge on any atom is -0.424 e. The zero-order valence-electron chi connectivity index (χ0n) is 9.01. The van der Waals surface area contributed by atoms with Crippen LogP contribution in [0.15, 0.2) is 41.1 Å². The van der Waals surface area contributed by atoms with Gasteiger partial charge in [0.05, 0.1) is 4.47 Å². The van der Waals surface area contributed by atoms with E-state index in [2.05, 4.69) is 25.9 Å². The van der Waals surface area contributed by atoms with E-state index >= 15 is 0 Å². The molecule has 2 rings (SSSR count). The second kappa shape index (κ2) is 5.75. The number of nitrogens with zero attached hydrogens (tertiary/aromatic N) is 2. The molecule has 0 radical (unpaired) electrons. The molecule has 0 aliphatic rings. The molecule has 0 spiro atoms. The number of rotatable bonds is 4. The Hall–Kier alpha value is -1.46. The Balaban J connectivity index is 2.20. The number of hydrogen-bond donors (Lipinski definition) is 1. The molecule has 0 aliphatic heterocycles. The molecular weight excluding hydrogens is 284 g/mol. The summed E-state index contributed by atoms with van der Waals surface area (Å²) in [6, 6.07) is 7.80. The number of hydrogen-bond acceptors (Lipinski definition) is 4. The van der Waals surface area contributed by atoms with Crippen molar-refractivity contribution < 1.29 is 9.84 Å². The number of aliphatic hydroxyl groups is 1. The van der Waals surface area contributed by atoms with E-state index in [1.165, 1.54) is 0 Å². The first-order valence-electron chi connectivity index (χ1n) is 5.14. The van der Waals surface area contributed by atoms with Crippen LogP contribution in [0.1, 0.15) is 5.56 Å². The second-order valence-electron chi connectivity index (χ2n) is 3.37. The zero-order valence-corrected chi connectivity index (χ0v) is 10.6. The Bertz CT molecular complexity index is 488. The van der Waals surface area contributed by atoms with Gasteiger partial charge in [-0.1, -0.05) is 18.2 Å². The van der Waals surface area contributed by atoms with Crippen molar-refractivity contribution in [2.45, 2.75) is 6.42 Å². The number of benzene rings is 1. The van der Waals surface area contributed by atoms with Crippen molar-refractivity contribution in [3.05, 3.63) is 46.7 Å². The Morgan fingerprint density at radius 3 is 2.59 bits per heavy atom. The maximum Gasteiger partial charge on any atom is 0.321 e. The van der Waals surface area contributed by atoms with Crippen molar-refractivity contribution in [1.82, 2.24) is 9.97 Å². The minimum atomic E-state index is 0.0849. The predicted octanol–water partition coefficient (Wildman–Crippen LogP) is 2.57. The van der Waals surface area contributed by atoms with Crippen molar-refractivity contribution in [3.8, 4) is 11.8 Å². The molecular formula is C12H11BrN2O2. The maximum atomic E-state index is 8.95. The van der Waals surface area contributed by atoms with Gasteiger partial charge in [-0.2, -0.15) is 0 Å². The van der Waals surface area contributed by atoms with Gasteiger partial charge in [0.15, 0.2) is 0 Å². The number of para-hydroxylation sites is 1. The van der Waals surface area contributed by atoms with E-state index in [9.17, 15) is 0 Å². The minimum absolute atomic E-state index is 0.0849. The summed E-state index contributed by atoms with van der Waals surface area (Å²) in [5.74, 6) is 0.670. The number of aromatic nitrogens is 2. The van der Waals surface area contributed by atoms with E-state index < -0.39 is 0 Å². The van der Waals surface area contributed by atoms with Crippen LogP contribution in [0.5, 0.6) is 11.8 Å². The van der Waals surface area contributed by atoms with Crippen LogP contribution >= 0.6 is 15.9 Å². The van der Waals surface area contributed by atoms with Gasteiger partial charge in [0.2, 0.25) is 0 Å². The summed E-state index contributed by atoms with van der Waals surface area (Å²) in [5.41, 5.74) is 0.932. The van der Waals surface area contributed by atoms with Gasteiger partial charge in [-0.25, -0.2) is 9.97 Å². The van der Waals surface area contributed by atoms with Gasteiger partial charge < -0.3 is 9.84 Å². The lowest BCUT2D eigenvalue weighted by molar-refractivity contribution is 0.297. The SMILES string of the molecule is OCCc1ccccc1Oc1ncc(Br)cn1. The molecule has 0 fully saturated rings. The van der Waals surface area contributed by atoms with Crippen LogP contribution in [0, 0.1) is 0 Å². The summed E-state index contributed by atoms with van der Waals surface area (Å²) in [6.07, 6.45) is 3.79.